The Bertz CT molecular complexity index is 2610. The molecule has 3 heterocycles. The van der Waals surface area contributed by atoms with Crippen molar-refractivity contribution >= 4 is 72.5 Å². The first-order valence-corrected chi connectivity index (χ1v) is 15.3. The molecule has 0 aliphatic heterocycles. The first-order chi connectivity index (χ1) is 22.1. The highest BCUT2D eigenvalue weighted by molar-refractivity contribution is 6.22. The molecule has 0 aliphatic carbocycles. The van der Waals surface area contributed by atoms with E-state index in [4.69, 9.17) is 10.3 Å². The molecule has 2 N–H and O–H groups in total. The van der Waals surface area contributed by atoms with Crippen LogP contribution in [-0.4, -0.2) is 14.8 Å². The molecule has 0 spiro atoms. The van der Waals surface area contributed by atoms with Crippen LogP contribution in [0.5, 0.6) is 0 Å². The van der Waals surface area contributed by atoms with E-state index in [-0.39, 0.29) is 0 Å². The second kappa shape index (κ2) is 10.4. The Labute approximate surface area is 260 Å². The number of allylic oxidation sites excluding steroid dienone is 1. The molecule has 0 atom stereocenters. The monoisotopic (exact) mass is 584 g/mol. The lowest BCUT2D eigenvalue weighted by molar-refractivity contribution is 0.669. The van der Waals surface area contributed by atoms with E-state index in [1.807, 2.05) is 25.1 Å². The number of hydrazone groups is 1. The number of furan rings is 1. The van der Waals surface area contributed by atoms with Gasteiger partial charge < -0.3 is 19.4 Å². The molecule has 0 aliphatic rings. The molecule has 218 valence electrons. The van der Waals surface area contributed by atoms with Gasteiger partial charge in [-0.1, -0.05) is 80.3 Å². The maximum Gasteiger partial charge on any atom is 0.136 e. The molecule has 0 radical (unpaired) electrons. The van der Waals surface area contributed by atoms with E-state index in [9.17, 15) is 0 Å². The summed E-state index contributed by atoms with van der Waals surface area (Å²) < 4.78 is 11.1. The molecule has 8 aromatic rings. The van der Waals surface area contributed by atoms with Crippen molar-refractivity contribution in [2.45, 2.75) is 20.3 Å². The SMILES string of the molecule is C=C/C=c1\c(=C/CC)c2c(ccc3c4cc5oc6ccccc6c5cc4n(-c4cccc(/C(C)=N/N)c4)c32)n1-c1ccccc1. The van der Waals surface area contributed by atoms with E-state index in [1.165, 1.54) is 10.6 Å². The normalized spacial score (nSPS) is 13.3. The maximum atomic E-state index is 6.39. The Morgan fingerprint density at radius 1 is 0.778 bits per heavy atom. The first-order valence-electron chi connectivity index (χ1n) is 15.3. The van der Waals surface area contributed by atoms with Gasteiger partial charge in [-0.2, -0.15) is 5.10 Å². The fourth-order valence-corrected chi connectivity index (χ4v) is 6.90. The van der Waals surface area contributed by atoms with Crippen molar-refractivity contribution < 1.29 is 4.42 Å². The first kappa shape index (κ1) is 26.8. The number of rotatable bonds is 5. The van der Waals surface area contributed by atoms with Crippen LogP contribution < -0.4 is 16.4 Å². The minimum Gasteiger partial charge on any atom is -0.456 e. The van der Waals surface area contributed by atoms with Crippen LogP contribution in [0.2, 0.25) is 0 Å². The molecule has 0 saturated carbocycles. The fraction of sp³-hybridized carbons (Fsp3) is 0.0750. The van der Waals surface area contributed by atoms with Crippen LogP contribution in [0, 0.1) is 0 Å². The van der Waals surface area contributed by atoms with Crippen molar-refractivity contribution in [2.75, 3.05) is 0 Å². The molecule has 45 heavy (non-hydrogen) atoms. The van der Waals surface area contributed by atoms with Gasteiger partial charge in [-0.25, -0.2) is 0 Å². The zero-order valence-electron chi connectivity index (χ0n) is 25.3. The second-order valence-corrected chi connectivity index (χ2v) is 11.4. The zero-order chi connectivity index (χ0) is 30.7. The molecule has 5 heteroatoms. The summed E-state index contributed by atoms with van der Waals surface area (Å²) >= 11 is 0. The smallest absolute Gasteiger partial charge is 0.136 e. The molecule has 0 saturated heterocycles. The Kier molecular flexibility index (Phi) is 6.20. The number of hydrogen-bond donors (Lipinski definition) is 1. The molecular weight excluding hydrogens is 552 g/mol. The van der Waals surface area contributed by atoms with E-state index in [0.717, 1.165) is 83.7 Å². The minimum atomic E-state index is 0.782. The molecule has 0 amide bonds. The Morgan fingerprint density at radius 2 is 1.58 bits per heavy atom. The summed E-state index contributed by atoms with van der Waals surface area (Å²) in [7, 11) is 0. The Morgan fingerprint density at radius 3 is 2.38 bits per heavy atom. The van der Waals surface area contributed by atoms with Crippen molar-refractivity contribution in [1.82, 2.24) is 9.13 Å². The fourth-order valence-electron chi connectivity index (χ4n) is 6.90. The number of fused-ring (bicyclic) bond motifs is 8. The summed E-state index contributed by atoms with van der Waals surface area (Å²) in [5.41, 5.74) is 9.07. The van der Waals surface area contributed by atoms with E-state index < -0.39 is 0 Å². The Balaban J connectivity index is 1.64. The van der Waals surface area contributed by atoms with Crippen molar-refractivity contribution in [2.24, 2.45) is 10.9 Å². The minimum absolute atomic E-state index is 0.782. The van der Waals surface area contributed by atoms with Crippen LogP contribution >= 0.6 is 0 Å². The largest absolute Gasteiger partial charge is 0.456 e. The summed E-state index contributed by atoms with van der Waals surface area (Å²) in [6, 6.07) is 36.3. The van der Waals surface area contributed by atoms with Crippen LogP contribution in [0.3, 0.4) is 0 Å². The summed E-state index contributed by atoms with van der Waals surface area (Å²) in [5, 5.41) is 12.0. The third kappa shape index (κ3) is 3.97. The van der Waals surface area contributed by atoms with Gasteiger partial charge in [0.1, 0.15) is 11.2 Å². The van der Waals surface area contributed by atoms with E-state index in [0.29, 0.717) is 0 Å². The number of aromatic nitrogens is 2. The molecular formula is C40H32N4O. The molecule has 0 bridgehead atoms. The average molecular weight is 585 g/mol. The molecule has 3 aromatic heterocycles. The van der Waals surface area contributed by atoms with Gasteiger partial charge in [0, 0.05) is 43.5 Å². The third-order valence-electron chi connectivity index (χ3n) is 8.85. The number of benzene rings is 5. The van der Waals surface area contributed by atoms with Crippen LogP contribution in [0.15, 0.2) is 125 Å². The third-order valence-corrected chi connectivity index (χ3v) is 8.85. The standard InChI is InChI=1S/C40H32N4O/c1-4-12-31-34(13-5-2)43(27-15-7-6-8-16-27)35-21-20-30-32-24-38-33(29-18-9-10-19-37(29)45-38)23-36(32)44(40(30)39(31)35)28-17-11-14-26(22-28)25(3)42-41/h5-24H,2,4,41H2,1,3H3/b31-12+,34-13+,42-25+. The quantitative estimate of drug-likeness (QED) is 0.125. The van der Waals surface area contributed by atoms with Gasteiger partial charge in [0.2, 0.25) is 0 Å². The zero-order valence-corrected chi connectivity index (χ0v) is 25.3. The summed E-state index contributed by atoms with van der Waals surface area (Å²) in [6.07, 6.45) is 7.22. The highest BCUT2D eigenvalue weighted by Gasteiger charge is 2.21. The lowest BCUT2D eigenvalue weighted by Gasteiger charge is -2.11. The van der Waals surface area contributed by atoms with Crippen molar-refractivity contribution in [3.63, 3.8) is 0 Å². The van der Waals surface area contributed by atoms with Crippen molar-refractivity contribution in [3.05, 3.63) is 132 Å². The lowest BCUT2D eigenvalue weighted by atomic mass is 10.1. The topological polar surface area (TPSA) is 61.4 Å². The van der Waals surface area contributed by atoms with Crippen molar-refractivity contribution in [3.8, 4) is 11.4 Å². The van der Waals surface area contributed by atoms with Gasteiger partial charge in [0.15, 0.2) is 0 Å². The molecule has 8 rings (SSSR count). The molecule has 0 fully saturated rings. The average Bonchev–Trinajstić information content (AvgIpc) is 3.71. The molecule has 5 nitrogen and oxygen atoms in total. The summed E-state index contributed by atoms with van der Waals surface area (Å²) in [6.45, 7) is 8.22. The van der Waals surface area contributed by atoms with E-state index in [1.54, 1.807) is 0 Å². The molecule has 5 aromatic carbocycles. The van der Waals surface area contributed by atoms with Crippen LogP contribution in [0.25, 0.3) is 78.2 Å². The number of nitrogens with two attached hydrogens (primary N) is 1. The number of nitrogens with zero attached hydrogens (tertiary/aromatic N) is 3. The summed E-state index contributed by atoms with van der Waals surface area (Å²) in [5.74, 6) is 5.74. The second-order valence-electron chi connectivity index (χ2n) is 11.4. The number of hydrogen-bond acceptors (Lipinski definition) is 3. The molecule has 0 unspecified atom stereocenters. The Hall–Kier alpha value is -5.81. The van der Waals surface area contributed by atoms with Gasteiger partial charge in [0.25, 0.3) is 0 Å². The summed E-state index contributed by atoms with van der Waals surface area (Å²) in [4.78, 5) is 0. The van der Waals surface area contributed by atoms with Gasteiger partial charge in [0.05, 0.1) is 27.6 Å². The van der Waals surface area contributed by atoms with Crippen LogP contribution in [0.1, 0.15) is 25.8 Å². The highest BCUT2D eigenvalue weighted by atomic mass is 16.3. The predicted octanol–water partition coefficient (Wildman–Crippen LogP) is 8.47. The predicted molar refractivity (Wildman–Crippen MR) is 190 cm³/mol. The van der Waals surface area contributed by atoms with Gasteiger partial charge in [-0.3, -0.25) is 0 Å². The van der Waals surface area contributed by atoms with Gasteiger partial charge in [-0.05, 0) is 73.5 Å². The van der Waals surface area contributed by atoms with Gasteiger partial charge in [-0.15, -0.1) is 0 Å². The van der Waals surface area contributed by atoms with Gasteiger partial charge >= 0.3 is 0 Å². The van der Waals surface area contributed by atoms with E-state index >= 15 is 0 Å². The highest BCUT2D eigenvalue weighted by Crippen LogP contribution is 2.40. The van der Waals surface area contributed by atoms with Crippen LogP contribution in [-0.2, 0) is 0 Å². The number of para-hydroxylation sites is 2. The van der Waals surface area contributed by atoms with E-state index in [2.05, 4.69) is 131 Å². The van der Waals surface area contributed by atoms with Crippen LogP contribution in [0.4, 0.5) is 0 Å². The van der Waals surface area contributed by atoms with Crippen molar-refractivity contribution in [1.29, 1.82) is 0 Å². The maximum absolute atomic E-state index is 6.39. The lowest BCUT2D eigenvalue weighted by Crippen LogP contribution is -2.28.